The van der Waals surface area contributed by atoms with Crippen molar-refractivity contribution in [3.05, 3.63) is 0 Å². The predicted octanol–water partition coefficient (Wildman–Crippen LogP) is 2.76. The van der Waals surface area contributed by atoms with E-state index in [1.165, 1.54) is 0 Å². The second-order valence-corrected chi connectivity index (χ2v) is 6.85. The van der Waals surface area contributed by atoms with E-state index in [4.69, 9.17) is 4.74 Å². The van der Waals surface area contributed by atoms with Crippen molar-refractivity contribution in [1.29, 1.82) is 0 Å². The van der Waals surface area contributed by atoms with Crippen molar-refractivity contribution in [2.24, 2.45) is 5.41 Å². The molecule has 4 nitrogen and oxygen atoms in total. The third-order valence-corrected chi connectivity index (χ3v) is 4.03. The van der Waals surface area contributed by atoms with Crippen LogP contribution in [0, 0.1) is 5.41 Å². The molecule has 1 saturated carbocycles. The summed E-state index contributed by atoms with van der Waals surface area (Å²) in [6.45, 7) is 8.47. The van der Waals surface area contributed by atoms with Gasteiger partial charge in [0.2, 0.25) is 0 Å². The molecule has 2 aliphatic rings. The molecule has 0 bridgehead atoms. The van der Waals surface area contributed by atoms with E-state index in [9.17, 15) is 9.59 Å². The number of carbonyl (C=O) groups excluding carboxylic acids is 2. The minimum atomic E-state index is -0.458. The van der Waals surface area contributed by atoms with Crippen molar-refractivity contribution in [2.75, 3.05) is 6.54 Å². The maximum Gasteiger partial charge on any atom is 0.410 e. The van der Waals surface area contributed by atoms with Crippen LogP contribution in [-0.4, -0.2) is 35.0 Å². The number of likely N-dealkylation sites (tertiary alicyclic amines) is 1. The van der Waals surface area contributed by atoms with Crippen LogP contribution >= 0.6 is 0 Å². The van der Waals surface area contributed by atoms with E-state index in [0.29, 0.717) is 25.2 Å². The highest BCUT2D eigenvalue weighted by Gasteiger charge is 2.49. The van der Waals surface area contributed by atoms with Gasteiger partial charge in [-0.1, -0.05) is 6.92 Å². The normalized spacial score (nSPS) is 32.3. The first-order valence-corrected chi connectivity index (χ1v) is 6.73. The first-order chi connectivity index (χ1) is 8.21. The fourth-order valence-electron chi connectivity index (χ4n) is 3.16. The molecular weight excluding hydrogens is 230 g/mol. The Labute approximate surface area is 109 Å². The molecule has 0 spiro atoms. The van der Waals surface area contributed by atoms with Gasteiger partial charge < -0.3 is 9.64 Å². The lowest BCUT2D eigenvalue weighted by atomic mass is 9.71. The molecule has 1 heterocycles. The summed E-state index contributed by atoms with van der Waals surface area (Å²) in [7, 11) is 0. The summed E-state index contributed by atoms with van der Waals surface area (Å²) in [5, 5.41) is 0. The highest BCUT2D eigenvalue weighted by molar-refractivity contribution is 5.81. The van der Waals surface area contributed by atoms with Gasteiger partial charge in [-0.3, -0.25) is 4.79 Å². The molecule has 2 atom stereocenters. The van der Waals surface area contributed by atoms with Crippen molar-refractivity contribution in [3.63, 3.8) is 0 Å². The SMILES string of the molecule is CC(C)(C)OC(=O)N1CC[C@@]2(C)CC(=O)CC[C@@H]12. The van der Waals surface area contributed by atoms with Crippen LogP contribution in [0.25, 0.3) is 0 Å². The molecule has 18 heavy (non-hydrogen) atoms. The lowest BCUT2D eigenvalue weighted by Gasteiger charge is -2.38. The molecule has 0 N–H and O–H groups in total. The predicted molar refractivity (Wildman–Crippen MR) is 68.3 cm³/mol. The lowest BCUT2D eigenvalue weighted by Crippen LogP contribution is -2.46. The summed E-state index contributed by atoms with van der Waals surface area (Å²) in [5.74, 6) is 0.333. The lowest BCUT2D eigenvalue weighted by molar-refractivity contribution is -0.124. The summed E-state index contributed by atoms with van der Waals surface area (Å²) in [6, 6.07) is 0.171. The Morgan fingerprint density at radius 1 is 1.44 bits per heavy atom. The van der Waals surface area contributed by atoms with Crippen LogP contribution in [0.1, 0.15) is 53.4 Å². The van der Waals surface area contributed by atoms with Crippen molar-refractivity contribution in [3.8, 4) is 0 Å². The van der Waals surface area contributed by atoms with Crippen LogP contribution < -0.4 is 0 Å². The molecule has 102 valence electrons. The molecule has 2 fully saturated rings. The minimum Gasteiger partial charge on any atom is -0.444 e. The fraction of sp³-hybridized carbons (Fsp3) is 0.857. The van der Waals surface area contributed by atoms with Crippen LogP contribution in [0.2, 0.25) is 0 Å². The van der Waals surface area contributed by atoms with E-state index < -0.39 is 5.60 Å². The van der Waals surface area contributed by atoms with Gasteiger partial charge in [0.05, 0.1) is 0 Å². The van der Waals surface area contributed by atoms with Gasteiger partial charge in [-0.15, -0.1) is 0 Å². The number of hydrogen-bond donors (Lipinski definition) is 0. The van der Waals surface area contributed by atoms with Gasteiger partial charge in [-0.25, -0.2) is 4.79 Å². The minimum absolute atomic E-state index is 0.0355. The third kappa shape index (κ3) is 2.52. The Morgan fingerprint density at radius 3 is 2.72 bits per heavy atom. The molecule has 0 aromatic rings. The number of Topliss-reactive ketones (excluding diaryl/α,β-unsaturated/α-hetero) is 1. The van der Waals surface area contributed by atoms with Gasteiger partial charge >= 0.3 is 6.09 Å². The maximum atomic E-state index is 12.2. The zero-order chi connectivity index (χ0) is 13.6. The molecule has 0 radical (unpaired) electrons. The molecule has 4 heteroatoms. The zero-order valence-corrected chi connectivity index (χ0v) is 11.8. The molecule has 0 aromatic heterocycles. The van der Waals surface area contributed by atoms with Gasteiger partial charge in [0.15, 0.2) is 0 Å². The van der Waals surface area contributed by atoms with Crippen LogP contribution in [0.15, 0.2) is 0 Å². The smallest absolute Gasteiger partial charge is 0.410 e. The zero-order valence-electron chi connectivity index (χ0n) is 11.8. The summed E-state index contributed by atoms with van der Waals surface area (Å²) in [6.07, 6.45) is 2.67. The van der Waals surface area contributed by atoms with E-state index in [1.54, 1.807) is 0 Å². The monoisotopic (exact) mass is 253 g/mol. The van der Waals surface area contributed by atoms with E-state index in [1.807, 2.05) is 25.7 Å². The second kappa shape index (κ2) is 4.25. The summed E-state index contributed by atoms with van der Waals surface area (Å²) in [5.41, 5.74) is -0.493. The summed E-state index contributed by atoms with van der Waals surface area (Å²) in [4.78, 5) is 25.6. The first kappa shape index (κ1) is 13.4. The van der Waals surface area contributed by atoms with Crippen LogP contribution in [0.5, 0.6) is 0 Å². The molecule has 2 rings (SSSR count). The number of hydrogen-bond acceptors (Lipinski definition) is 3. The Bertz CT molecular complexity index is 372. The van der Waals surface area contributed by atoms with E-state index in [2.05, 4.69) is 6.92 Å². The molecule has 1 saturated heterocycles. The molecule has 1 amide bonds. The van der Waals surface area contributed by atoms with E-state index in [-0.39, 0.29) is 17.6 Å². The standard InChI is InChI=1S/C14H23NO3/c1-13(2,3)18-12(17)15-8-7-14(4)9-10(16)5-6-11(14)15/h11H,5-9H2,1-4H3/t11-,14+/m1/s1. The van der Waals surface area contributed by atoms with E-state index in [0.717, 1.165) is 12.8 Å². The number of carbonyl (C=O) groups is 2. The second-order valence-electron chi connectivity index (χ2n) is 6.85. The highest BCUT2D eigenvalue weighted by atomic mass is 16.6. The maximum absolute atomic E-state index is 12.2. The Hall–Kier alpha value is -1.06. The number of rotatable bonds is 0. The quantitative estimate of drug-likeness (QED) is 0.667. The van der Waals surface area contributed by atoms with Gasteiger partial charge in [-0.05, 0) is 39.0 Å². The number of ether oxygens (including phenoxy) is 1. The van der Waals surface area contributed by atoms with Crippen molar-refractivity contribution >= 4 is 11.9 Å². The number of fused-ring (bicyclic) bond motifs is 1. The van der Waals surface area contributed by atoms with Crippen molar-refractivity contribution in [1.82, 2.24) is 4.90 Å². The molecule has 0 aromatic carbocycles. The summed E-state index contributed by atoms with van der Waals surface area (Å²) < 4.78 is 5.44. The van der Waals surface area contributed by atoms with E-state index >= 15 is 0 Å². The topological polar surface area (TPSA) is 46.6 Å². The molecule has 1 aliphatic heterocycles. The van der Waals surface area contributed by atoms with Crippen molar-refractivity contribution in [2.45, 2.75) is 65.0 Å². The van der Waals surface area contributed by atoms with Crippen molar-refractivity contribution < 1.29 is 14.3 Å². The Morgan fingerprint density at radius 2 is 2.11 bits per heavy atom. The van der Waals surface area contributed by atoms with Gasteiger partial charge in [-0.2, -0.15) is 0 Å². The molecular formula is C14H23NO3. The summed E-state index contributed by atoms with van der Waals surface area (Å²) >= 11 is 0. The van der Waals surface area contributed by atoms with Crippen LogP contribution in [0.4, 0.5) is 4.79 Å². The Kier molecular flexibility index (Phi) is 3.16. The van der Waals surface area contributed by atoms with Gasteiger partial charge in [0, 0.05) is 25.4 Å². The first-order valence-electron chi connectivity index (χ1n) is 6.73. The fourth-order valence-corrected chi connectivity index (χ4v) is 3.16. The third-order valence-electron chi connectivity index (χ3n) is 4.03. The largest absolute Gasteiger partial charge is 0.444 e. The van der Waals surface area contributed by atoms with Gasteiger partial charge in [0.25, 0.3) is 0 Å². The number of ketones is 1. The Balaban J connectivity index is 2.09. The molecule has 1 aliphatic carbocycles. The van der Waals surface area contributed by atoms with Gasteiger partial charge in [0.1, 0.15) is 11.4 Å². The average Bonchev–Trinajstić information content (AvgIpc) is 2.51. The van der Waals surface area contributed by atoms with Crippen LogP contribution in [-0.2, 0) is 9.53 Å². The number of nitrogens with zero attached hydrogens (tertiary/aromatic N) is 1. The average molecular weight is 253 g/mol. The van der Waals surface area contributed by atoms with Crippen LogP contribution in [0.3, 0.4) is 0 Å². The number of amides is 1. The highest BCUT2D eigenvalue weighted by Crippen LogP contribution is 2.45. The molecule has 0 unspecified atom stereocenters.